The number of benzene rings is 1. The maximum absolute atomic E-state index is 12.4. The van der Waals surface area contributed by atoms with E-state index in [1.165, 1.54) is 0 Å². The number of carbonyl (C=O) groups excluding carboxylic acids is 1. The number of nitrogens with one attached hydrogen (secondary N) is 1. The van der Waals surface area contributed by atoms with Gasteiger partial charge in [0.25, 0.3) is 0 Å². The van der Waals surface area contributed by atoms with Crippen LogP contribution in [0.1, 0.15) is 49.8 Å². The van der Waals surface area contributed by atoms with Crippen LogP contribution >= 0.6 is 0 Å². The van der Waals surface area contributed by atoms with Gasteiger partial charge < -0.3 is 10.4 Å². The summed E-state index contributed by atoms with van der Waals surface area (Å²) in [5.41, 5.74) is 2.24. The lowest BCUT2D eigenvalue weighted by atomic mass is 9.82. The van der Waals surface area contributed by atoms with Crippen LogP contribution in [0.2, 0.25) is 0 Å². The van der Waals surface area contributed by atoms with Gasteiger partial charge in [0, 0.05) is 12.3 Å². The minimum absolute atomic E-state index is 0.123. The lowest BCUT2D eigenvalue weighted by Crippen LogP contribution is -2.38. The second-order valence-electron chi connectivity index (χ2n) is 6.41. The number of hydrogen-bond donors (Lipinski definition) is 2. The Morgan fingerprint density at radius 2 is 1.90 bits per heavy atom. The molecule has 1 aromatic carbocycles. The van der Waals surface area contributed by atoms with Gasteiger partial charge in [0.1, 0.15) is 0 Å². The monoisotopic (exact) mass is 273 g/mol. The van der Waals surface area contributed by atoms with Gasteiger partial charge in [-0.05, 0) is 42.7 Å². The van der Waals surface area contributed by atoms with Gasteiger partial charge in [-0.15, -0.1) is 0 Å². The Morgan fingerprint density at radius 1 is 1.20 bits per heavy atom. The van der Waals surface area contributed by atoms with Crippen LogP contribution < -0.4 is 5.32 Å². The predicted molar refractivity (Wildman–Crippen MR) is 78.2 cm³/mol. The summed E-state index contributed by atoms with van der Waals surface area (Å²) in [7, 11) is 0. The second kappa shape index (κ2) is 5.57. The van der Waals surface area contributed by atoms with Crippen molar-refractivity contribution in [3.8, 4) is 0 Å². The summed E-state index contributed by atoms with van der Waals surface area (Å²) in [6.07, 6.45) is 4.40. The maximum atomic E-state index is 12.4. The number of carbonyl (C=O) groups is 1. The highest BCUT2D eigenvalue weighted by Gasteiger charge is 2.34. The summed E-state index contributed by atoms with van der Waals surface area (Å²) in [5, 5.41) is 13.3. The summed E-state index contributed by atoms with van der Waals surface area (Å²) in [4.78, 5) is 12.4. The average Bonchev–Trinajstić information content (AvgIpc) is 2.76. The lowest BCUT2D eigenvalue weighted by Gasteiger charge is -2.27. The zero-order chi connectivity index (χ0) is 14.1. The molecule has 0 heterocycles. The smallest absolute Gasteiger partial charge is 0.223 e. The summed E-state index contributed by atoms with van der Waals surface area (Å²) in [6, 6.07) is 7.78. The molecule has 2 aliphatic rings. The first kappa shape index (κ1) is 13.6. The van der Waals surface area contributed by atoms with Crippen molar-refractivity contribution in [2.75, 3.05) is 0 Å². The average molecular weight is 273 g/mol. The van der Waals surface area contributed by atoms with Gasteiger partial charge in [0.05, 0.1) is 12.1 Å². The molecule has 0 bridgehead atoms. The van der Waals surface area contributed by atoms with Gasteiger partial charge in [-0.3, -0.25) is 4.79 Å². The van der Waals surface area contributed by atoms with Crippen molar-refractivity contribution >= 4 is 5.91 Å². The number of aliphatic hydroxyl groups excluding tert-OH is 1. The Labute approximate surface area is 120 Å². The van der Waals surface area contributed by atoms with Crippen molar-refractivity contribution in [2.24, 2.45) is 11.8 Å². The molecule has 20 heavy (non-hydrogen) atoms. The minimum Gasteiger partial charge on any atom is -0.390 e. The summed E-state index contributed by atoms with van der Waals surface area (Å²) in [6.45, 7) is 2.26. The van der Waals surface area contributed by atoms with Crippen LogP contribution in [0.5, 0.6) is 0 Å². The van der Waals surface area contributed by atoms with Gasteiger partial charge in [0.2, 0.25) is 5.91 Å². The van der Waals surface area contributed by atoms with Gasteiger partial charge >= 0.3 is 0 Å². The van der Waals surface area contributed by atoms with Gasteiger partial charge in [-0.2, -0.15) is 0 Å². The third-order valence-electron chi connectivity index (χ3n) is 4.89. The molecule has 2 atom stereocenters. The minimum atomic E-state index is -0.487. The molecular formula is C17H23NO2. The predicted octanol–water partition coefficient (Wildman–Crippen LogP) is 2.59. The van der Waals surface area contributed by atoms with E-state index >= 15 is 0 Å². The number of fused-ring (bicyclic) bond motifs is 1. The van der Waals surface area contributed by atoms with Crippen molar-refractivity contribution in [1.82, 2.24) is 5.32 Å². The number of aliphatic hydroxyl groups is 1. The molecular weight excluding hydrogens is 250 g/mol. The standard InChI is InChI=1S/C17H23NO2/c1-11-6-8-12(9-7-11)17(20)18-16-14-5-3-2-4-13(14)10-15(16)19/h2-5,11-12,15-16,19H,6-10H2,1H3,(H,18,20). The SMILES string of the molecule is CC1CCC(C(=O)NC2c3ccccc3CC2O)CC1. The molecule has 0 saturated heterocycles. The van der Waals surface area contributed by atoms with Crippen LogP contribution in [-0.4, -0.2) is 17.1 Å². The van der Waals surface area contributed by atoms with E-state index in [1.807, 2.05) is 24.3 Å². The summed E-state index contributed by atoms with van der Waals surface area (Å²) in [5.74, 6) is 1.00. The first-order valence-electron chi connectivity index (χ1n) is 7.71. The van der Waals surface area contributed by atoms with Crippen LogP contribution in [-0.2, 0) is 11.2 Å². The van der Waals surface area contributed by atoms with Crippen molar-refractivity contribution < 1.29 is 9.90 Å². The third-order valence-corrected chi connectivity index (χ3v) is 4.89. The molecule has 0 aliphatic heterocycles. The molecule has 0 radical (unpaired) electrons. The van der Waals surface area contributed by atoms with Crippen LogP contribution in [0.4, 0.5) is 0 Å². The van der Waals surface area contributed by atoms with E-state index in [9.17, 15) is 9.90 Å². The maximum Gasteiger partial charge on any atom is 0.223 e. The molecule has 1 fully saturated rings. The van der Waals surface area contributed by atoms with E-state index < -0.39 is 6.10 Å². The van der Waals surface area contributed by atoms with Crippen molar-refractivity contribution in [3.63, 3.8) is 0 Å². The van der Waals surface area contributed by atoms with E-state index in [2.05, 4.69) is 12.2 Å². The summed E-state index contributed by atoms with van der Waals surface area (Å²) >= 11 is 0. The molecule has 3 nitrogen and oxygen atoms in total. The van der Waals surface area contributed by atoms with Crippen LogP contribution in [0.25, 0.3) is 0 Å². The number of amides is 1. The van der Waals surface area contributed by atoms with Crippen LogP contribution in [0.15, 0.2) is 24.3 Å². The molecule has 108 valence electrons. The zero-order valence-corrected chi connectivity index (χ0v) is 12.0. The Balaban J connectivity index is 1.67. The Morgan fingerprint density at radius 3 is 2.65 bits per heavy atom. The third kappa shape index (κ3) is 2.59. The fraction of sp³-hybridized carbons (Fsp3) is 0.588. The quantitative estimate of drug-likeness (QED) is 0.870. The van der Waals surface area contributed by atoms with Crippen molar-refractivity contribution in [3.05, 3.63) is 35.4 Å². The summed E-state index contributed by atoms with van der Waals surface area (Å²) < 4.78 is 0. The van der Waals surface area contributed by atoms with Gasteiger partial charge in [-0.25, -0.2) is 0 Å². The number of hydrogen-bond acceptors (Lipinski definition) is 2. The fourth-order valence-electron chi connectivity index (χ4n) is 3.54. The largest absolute Gasteiger partial charge is 0.390 e. The van der Waals surface area contributed by atoms with Crippen LogP contribution in [0.3, 0.4) is 0 Å². The highest BCUT2D eigenvalue weighted by atomic mass is 16.3. The van der Waals surface area contributed by atoms with Gasteiger partial charge in [0.15, 0.2) is 0 Å². The van der Waals surface area contributed by atoms with Crippen molar-refractivity contribution in [1.29, 1.82) is 0 Å². The molecule has 2 N–H and O–H groups in total. The molecule has 3 rings (SSSR count). The topological polar surface area (TPSA) is 49.3 Å². The zero-order valence-electron chi connectivity index (χ0n) is 12.0. The number of rotatable bonds is 2. The first-order valence-corrected chi connectivity index (χ1v) is 7.71. The first-order chi connectivity index (χ1) is 9.65. The Kier molecular flexibility index (Phi) is 3.79. The van der Waals surface area contributed by atoms with E-state index in [0.717, 1.165) is 42.7 Å². The van der Waals surface area contributed by atoms with E-state index in [1.54, 1.807) is 0 Å². The van der Waals surface area contributed by atoms with Crippen molar-refractivity contribution in [2.45, 2.75) is 51.2 Å². The lowest BCUT2D eigenvalue weighted by molar-refractivity contribution is -0.127. The molecule has 2 unspecified atom stereocenters. The second-order valence-corrected chi connectivity index (χ2v) is 6.41. The normalized spacial score (nSPS) is 32.7. The molecule has 0 aromatic heterocycles. The highest BCUT2D eigenvalue weighted by molar-refractivity contribution is 5.79. The van der Waals surface area contributed by atoms with E-state index in [0.29, 0.717) is 6.42 Å². The molecule has 3 heteroatoms. The van der Waals surface area contributed by atoms with Crippen LogP contribution in [0, 0.1) is 11.8 Å². The molecule has 1 aromatic rings. The Hall–Kier alpha value is -1.35. The van der Waals surface area contributed by atoms with E-state index in [-0.39, 0.29) is 17.9 Å². The molecule has 2 aliphatic carbocycles. The Bertz CT molecular complexity index is 492. The highest BCUT2D eigenvalue weighted by Crippen LogP contribution is 2.33. The molecule has 1 amide bonds. The fourth-order valence-corrected chi connectivity index (χ4v) is 3.54. The van der Waals surface area contributed by atoms with Gasteiger partial charge in [-0.1, -0.05) is 31.2 Å². The van der Waals surface area contributed by atoms with E-state index in [4.69, 9.17) is 0 Å². The molecule has 1 saturated carbocycles. The molecule has 0 spiro atoms.